The normalized spacial score (nSPS) is 22.5. The summed E-state index contributed by atoms with van der Waals surface area (Å²) >= 11 is 5.86. The fourth-order valence-corrected chi connectivity index (χ4v) is 4.26. The molecule has 0 bridgehead atoms. The number of benzene rings is 1. The zero-order chi connectivity index (χ0) is 24.4. The fourth-order valence-electron chi connectivity index (χ4n) is 4.01. The van der Waals surface area contributed by atoms with Crippen molar-refractivity contribution in [3.63, 3.8) is 0 Å². The Hall–Kier alpha value is -2.98. The van der Waals surface area contributed by atoms with Crippen LogP contribution in [-0.4, -0.2) is 50.2 Å². The van der Waals surface area contributed by atoms with Gasteiger partial charge in [-0.15, -0.1) is 11.6 Å². The van der Waals surface area contributed by atoms with Crippen LogP contribution in [-0.2, 0) is 11.2 Å². The van der Waals surface area contributed by atoms with Crippen molar-refractivity contribution in [2.24, 2.45) is 0 Å². The zero-order valence-corrected chi connectivity index (χ0v) is 18.6. The molecule has 10 heteroatoms. The lowest BCUT2D eigenvalue weighted by Crippen LogP contribution is -2.46. The minimum atomic E-state index is -1.12. The third-order valence-corrected chi connectivity index (χ3v) is 6.06. The van der Waals surface area contributed by atoms with Crippen molar-refractivity contribution in [2.45, 2.75) is 37.3 Å². The molecule has 4 N–H and O–H groups in total. The number of halogens is 3. The Morgan fingerprint density at radius 2 is 1.97 bits per heavy atom. The molecule has 0 aliphatic carbocycles. The van der Waals surface area contributed by atoms with Gasteiger partial charge in [0.1, 0.15) is 29.4 Å². The van der Waals surface area contributed by atoms with Gasteiger partial charge in [-0.05, 0) is 29.3 Å². The highest BCUT2D eigenvalue weighted by atomic mass is 35.5. The lowest BCUT2D eigenvalue weighted by Gasteiger charge is -2.37. The second kappa shape index (κ2) is 10.1. The first kappa shape index (κ1) is 24.2. The summed E-state index contributed by atoms with van der Waals surface area (Å²) in [6.07, 6.45) is -0.731. The van der Waals surface area contributed by atoms with Crippen LogP contribution in [0.4, 0.5) is 14.5 Å². The molecule has 1 aliphatic heterocycles. The van der Waals surface area contributed by atoms with Gasteiger partial charge < -0.3 is 20.7 Å². The Morgan fingerprint density at radius 3 is 2.71 bits per heavy atom. The molecule has 0 saturated carbocycles. The maximum absolute atomic E-state index is 14.5. The number of nitrogen functional groups attached to an aromatic ring is 1. The summed E-state index contributed by atoms with van der Waals surface area (Å²) in [6, 6.07) is 8.11. The largest absolute Gasteiger partial charge is 0.397 e. The van der Waals surface area contributed by atoms with Crippen LogP contribution in [0.3, 0.4) is 0 Å². The quantitative estimate of drug-likeness (QED) is 0.359. The molecule has 0 amide bonds. The molecule has 3 heterocycles. The molecule has 2 aromatic heterocycles. The van der Waals surface area contributed by atoms with Gasteiger partial charge in [-0.1, -0.05) is 12.1 Å². The summed E-state index contributed by atoms with van der Waals surface area (Å²) in [4.78, 5) is 21.3. The summed E-state index contributed by atoms with van der Waals surface area (Å²) in [5, 5.41) is 20.3. The molecule has 0 spiro atoms. The Kier molecular flexibility index (Phi) is 7.18. The van der Waals surface area contributed by atoms with Crippen molar-refractivity contribution >= 4 is 23.1 Å². The van der Waals surface area contributed by atoms with E-state index in [1.165, 1.54) is 36.7 Å². The van der Waals surface area contributed by atoms with E-state index in [0.29, 0.717) is 11.1 Å². The molecule has 0 radical (unpaired) electrons. The van der Waals surface area contributed by atoms with E-state index in [0.717, 1.165) is 6.07 Å². The highest BCUT2D eigenvalue weighted by Crippen LogP contribution is 2.34. The molecule has 4 atom stereocenters. The number of ketones is 1. The van der Waals surface area contributed by atoms with Gasteiger partial charge in [0, 0.05) is 36.9 Å². The van der Waals surface area contributed by atoms with Gasteiger partial charge in [-0.2, -0.15) is 0 Å². The molecular formula is C24H22ClF2N3O4. The Labute approximate surface area is 199 Å². The molecule has 3 aromatic rings. The number of Topliss-reactive ketones (excluding diaryl/α,β-unsaturated/α-hetero) is 1. The molecule has 34 heavy (non-hydrogen) atoms. The van der Waals surface area contributed by atoms with Crippen LogP contribution >= 0.6 is 11.6 Å². The van der Waals surface area contributed by atoms with E-state index in [4.69, 9.17) is 22.1 Å². The van der Waals surface area contributed by atoms with Crippen molar-refractivity contribution in [1.82, 2.24) is 9.97 Å². The third kappa shape index (κ3) is 4.78. The van der Waals surface area contributed by atoms with E-state index < -0.39 is 41.8 Å². The van der Waals surface area contributed by atoms with Gasteiger partial charge in [0.2, 0.25) is 0 Å². The van der Waals surface area contributed by atoms with Crippen LogP contribution < -0.4 is 5.73 Å². The smallest absolute Gasteiger partial charge is 0.187 e. The number of alkyl halides is 1. The number of carbonyl (C=O) groups excluding carboxylic acids is 1. The Balaban J connectivity index is 1.65. The first-order chi connectivity index (χ1) is 16.3. The molecule has 0 unspecified atom stereocenters. The van der Waals surface area contributed by atoms with Crippen LogP contribution in [0, 0.1) is 11.6 Å². The topological polar surface area (TPSA) is 119 Å². The molecule has 1 aromatic carbocycles. The maximum Gasteiger partial charge on any atom is 0.187 e. The first-order valence-electron chi connectivity index (χ1n) is 10.5. The minimum Gasteiger partial charge on any atom is -0.397 e. The number of pyridine rings is 2. The van der Waals surface area contributed by atoms with Gasteiger partial charge in [0.25, 0.3) is 0 Å². The summed E-state index contributed by atoms with van der Waals surface area (Å²) in [5.74, 6) is -2.09. The summed E-state index contributed by atoms with van der Waals surface area (Å²) in [7, 11) is 0. The van der Waals surface area contributed by atoms with E-state index in [9.17, 15) is 23.8 Å². The number of aliphatic hydroxyl groups excluding tert-OH is 2. The second-order valence-electron chi connectivity index (χ2n) is 8.02. The number of anilines is 1. The number of rotatable bonds is 6. The van der Waals surface area contributed by atoms with Gasteiger partial charge in [0.15, 0.2) is 11.6 Å². The summed E-state index contributed by atoms with van der Waals surface area (Å²) < 4.78 is 34.6. The van der Waals surface area contributed by atoms with E-state index in [1.54, 1.807) is 6.07 Å². The van der Waals surface area contributed by atoms with Gasteiger partial charge in [-0.25, -0.2) is 13.8 Å². The molecular weight excluding hydrogens is 468 g/mol. The molecule has 4 rings (SSSR count). The number of nitrogens with two attached hydrogens (primary N) is 1. The van der Waals surface area contributed by atoms with Crippen LogP contribution in [0.25, 0.3) is 11.3 Å². The molecule has 7 nitrogen and oxygen atoms in total. The molecule has 1 aliphatic rings. The number of aromatic nitrogens is 2. The van der Waals surface area contributed by atoms with Crippen LogP contribution in [0.15, 0.2) is 48.8 Å². The van der Waals surface area contributed by atoms with Gasteiger partial charge >= 0.3 is 0 Å². The lowest BCUT2D eigenvalue weighted by molar-refractivity contribution is -0.162. The Bertz CT molecular complexity index is 1210. The third-order valence-electron chi connectivity index (χ3n) is 5.76. The summed E-state index contributed by atoms with van der Waals surface area (Å²) in [5.41, 5.74) is 6.15. The van der Waals surface area contributed by atoms with Crippen molar-refractivity contribution in [3.8, 4) is 11.3 Å². The number of aliphatic hydroxyl groups is 2. The minimum absolute atomic E-state index is 0.0249. The average Bonchev–Trinajstić information content (AvgIpc) is 2.82. The van der Waals surface area contributed by atoms with Crippen molar-refractivity contribution < 1.29 is 28.5 Å². The standard InChI is InChI=1S/C24H22ClF2N3O4/c25-10-21-24(33)19(32)9-20(34-21)13-5-6-29-11-12(13)7-18(31)23-17(28)8-16(27)22(30-23)14-3-1-2-4-15(14)26/h1-6,8,11,19-21,24,32-33H,7,9-10,28H2/t19-,20-,21-,24+/m1/s1. The zero-order valence-electron chi connectivity index (χ0n) is 17.9. The molecule has 1 fully saturated rings. The number of hydrogen-bond acceptors (Lipinski definition) is 7. The average molecular weight is 490 g/mol. The fraction of sp³-hybridized carbons (Fsp3) is 0.292. The monoisotopic (exact) mass is 489 g/mol. The van der Waals surface area contributed by atoms with Crippen molar-refractivity contribution in [3.05, 3.63) is 77.2 Å². The van der Waals surface area contributed by atoms with Crippen LogP contribution in [0.2, 0.25) is 0 Å². The van der Waals surface area contributed by atoms with E-state index >= 15 is 0 Å². The number of ether oxygens (including phenoxy) is 1. The Morgan fingerprint density at radius 1 is 1.21 bits per heavy atom. The maximum atomic E-state index is 14.5. The van der Waals surface area contributed by atoms with E-state index in [1.807, 2.05) is 0 Å². The van der Waals surface area contributed by atoms with Crippen LogP contribution in [0.1, 0.15) is 34.1 Å². The predicted octanol–water partition coefficient (Wildman–Crippen LogP) is 3.22. The van der Waals surface area contributed by atoms with Crippen molar-refractivity contribution in [2.75, 3.05) is 11.6 Å². The van der Waals surface area contributed by atoms with E-state index in [-0.39, 0.29) is 41.4 Å². The first-order valence-corrected chi connectivity index (χ1v) is 11.1. The predicted molar refractivity (Wildman–Crippen MR) is 121 cm³/mol. The summed E-state index contributed by atoms with van der Waals surface area (Å²) in [6.45, 7) is 0. The second-order valence-corrected chi connectivity index (χ2v) is 8.33. The SMILES string of the molecule is Nc1cc(F)c(-c2ccccc2F)nc1C(=O)Cc1cnccc1[C@H]1C[C@@H](O)[C@H](O)[C@@H](CCl)O1. The van der Waals surface area contributed by atoms with Crippen LogP contribution in [0.5, 0.6) is 0 Å². The highest BCUT2D eigenvalue weighted by Gasteiger charge is 2.37. The number of carbonyl (C=O) groups is 1. The highest BCUT2D eigenvalue weighted by molar-refractivity contribution is 6.18. The van der Waals surface area contributed by atoms with Crippen molar-refractivity contribution in [1.29, 1.82) is 0 Å². The van der Waals surface area contributed by atoms with E-state index in [2.05, 4.69) is 9.97 Å². The van der Waals surface area contributed by atoms with Gasteiger partial charge in [-0.3, -0.25) is 9.78 Å². The molecule has 1 saturated heterocycles. The number of hydrogen-bond donors (Lipinski definition) is 3. The number of nitrogens with zero attached hydrogens (tertiary/aromatic N) is 2. The molecule has 178 valence electrons. The van der Waals surface area contributed by atoms with Gasteiger partial charge in [0.05, 0.1) is 23.8 Å². The lowest BCUT2D eigenvalue weighted by atomic mass is 9.91.